The Labute approximate surface area is 133 Å². The Morgan fingerprint density at radius 3 is 2.68 bits per heavy atom. The van der Waals surface area contributed by atoms with Crippen LogP contribution in [0.2, 0.25) is 5.02 Å². The van der Waals surface area contributed by atoms with Crippen molar-refractivity contribution in [3.63, 3.8) is 0 Å². The van der Waals surface area contributed by atoms with Crippen LogP contribution in [0.4, 0.5) is 5.82 Å². The van der Waals surface area contributed by atoms with E-state index < -0.39 is 0 Å². The van der Waals surface area contributed by atoms with E-state index in [1.807, 2.05) is 38.4 Å². The van der Waals surface area contributed by atoms with Gasteiger partial charge in [-0.3, -0.25) is 0 Å². The minimum Gasteiger partial charge on any atom is -0.368 e. The van der Waals surface area contributed by atoms with E-state index in [0.717, 1.165) is 35.6 Å². The van der Waals surface area contributed by atoms with Gasteiger partial charge in [-0.2, -0.15) is 5.10 Å². The van der Waals surface area contributed by atoms with Gasteiger partial charge in [-0.15, -0.1) is 0 Å². The maximum atomic E-state index is 5.93. The number of nitrogens with zero attached hydrogens (tertiary/aromatic N) is 5. The third-order valence-electron chi connectivity index (χ3n) is 3.29. The molecule has 0 atom stereocenters. The number of hydrogen-bond donors (Lipinski definition) is 1. The molecular formula is C15H17ClN6. The molecular weight excluding hydrogens is 300 g/mol. The number of benzene rings is 1. The molecule has 3 aromatic rings. The lowest BCUT2D eigenvalue weighted by Gasteiger charge is -2.11. The summed E-state index contributed by atoms with van der Waals surface area (Å²) in [4.78, 5) is 10.8. The van der Waals surface area contributed by atoms with Gasteiger partial charge in [-0.1, -0.05) is 11.6 Å². The lowest BCUT2D eigenvalue weighted by molar-refractivity contribution is 0.425. The van der Waals surface area contributed by atoms with Gasteiger partial charge in [0.2, 0.25) is 0 Å². The molecule has 2 aromatic heterocycles. The molecule has 0 saturated heterocycles. The van der Waals surface area contributed by atoms with Crippen LogP contribution in [0, 0.1) is 0 Å². The number of likely N-dealkylation sites (N-methyl/N-ethyl adjacent to an activating group) is 1. The molecule has 7 heteroatoms. The standard InChI is InChI=1S/C15H17ClN6/c1-21(2)8-7-17-14-13-9-20-22(15(13)19-10-18-14)12-5-3-11(16)4-6-12/h3-6,9-10H,7-8H2,1-2H3,(H,17,18,19). The minimum atomic E-state index is 0.695. The fraction of sp³-hybridized carbons (Fsp3) is 0.267. The van der Waals surface area contributed by atoms with Crippen molar-refractivity contribution in [2.45, 2.75) is 0 Å². The number of nitrogens with one attached hydrogen (secondary N) is 1. The lowest BCUT2D eigenvalue weighted by atomic mass is 10.3. The molecule has 2 heterocycles. The van der Waals surface area contributed by atoms with Gasteiger partial charge >= 0.3 is 0 Å². The summed E-state index contributed by atoms with van der Waals surface area (Å²) in [6.45, 7) is 1.74. The van der Waals surface area contributed by atoms with Gasteiger partial charge in [0.1, 0.15) is 12.1 Å². The van der Waals surface area contributed by atoms with E-state index in [1.54, 1.807) is 17.2 Å². The van der Waals surface area contributed by atoms with Crippen molar-refractivity contribution in [1.29, 1.82) is 0 Å². The van der Waals surface area contributed by atoms with E-state index in [-0.39, 0.29) is 0 Å². The maximum absolute atomic E-state index is 5.93. The van der Waals surface area contributed by atoms with Crippen LogP contribution in [0.15, 0.2) is 36.8 Å². The largest absolute Gasteiger partial charge is 0.368 e. The fourth-order valence-corrected chi connectivity index (χ4v) is 2.28. The molecule has 0 aliphatic heterocycles. The minimum absolute atomic E-state index is 0.695. The van der Waals surface area contributed by atoms with Crippen molar-refractivity contribution in [2.24, 2.45) is 0 Å². The first-order valence-corrected chi connectivity index (χ1v) is 7.36. The van der Waals surface area contributed by atoms with Crippen molar-refractivity contribution in [3.8, 4) is 5.69 Å². The molecule has 114 valence electrons. The molecule has 6 nitrogen and oxygen atoms in total. The Hall–Kier alpha value is -2.18. The Bertz CT molecular complexity index is 765. The van der Waals surface area contributed by atoms with Gasteiger partial charge in [0.05, 0.1) is 17.3 Å². The third kappa shape index (κ3) is 3.03. The van der Waals surface area contributed by atoms with Crippen LogP contribution >= 0.6 is 11.6 Å². The number of fused-ring (bicyclic) bond motifs is 1. The number of rotatable bonds is 5. The molecule has 0 saturated carbocycles. The molecule has 1 aromatic carbocycles. The van der Waals surface area contributed by atoms with Crippen LogP contribution in [0.25, 0.3) is 16.7 Å². The zero-order valence-corrected chi connectivity index (χ0v) is 13.2. The monoisotopic (exact) mass is 316 g/mol. The summed E-state index contributed by atoms with van der Waals surface area (Å²) in [5, 5.41) is 9.34. The normalized spacial score (nSPS) is 11.3. The van der Waals surface area contributed by atoms with Crippen molar-refractivity contribution < 1.29 is 0 Å². The van der Waals surface area contributed by atoms with E-state index in [1.165, 1.54) is 0 Å². The predicted octanol–water partition coefficient (Wildman–Crippen LogP) is 2.44. The summed E-state index contributed by atoms with van der Waals surface area (Å²) in [5.41, 5.74) is 1.68. The summed E-state index contributed by atoms with van der Waals surface area (Å²) >= 11 is 5.93. The molecule has 0 spiro atoms. The Morgan fingerprint density at radius 1 is 1.18 bits per heavy atom. The van der Waals surface area contributed by atoms with Gasteiger partial charge in [0.25, 0.3) is 0 Å². The highest BCUT2D eigenvalue weighted by atomic mass is 35.5. The van der Waals surface area contributed by atoms with Gasteiger partial charge < -0.3 is 10.2 Å². The van der Waals surface area contributed by atoms with Gasteiger partial charge in [0, 0.05) is 18.1 Å². The summed E-state index contributed by atoms with van der Waals surface area (Å²) < 4.78 is 1.78. The number of halogens is 1. The zero-order chi connectivity index (χ0) is 15.5. The highest BCUT2D eigenvalue weighted by Crippen LogP contribution is 2.22. The molecule has 0 amide bonds. The quantitative estimate of drug-likeness (QED) is 0.783. The van der Waals surface area contributed by atoms with Crippen LogP contribution < -0.4 is 5.32 Å². The number of aromatic nitrogens is 4. The second-order valence-corrected chi connectivity index (χ2v) is 5.66. The lowest BCUT2D eigenvalue weighted by Crippen LogP contribution is -2.21. The fourth-order valence-electron chi connectivity index (χ4n) is 2.15. The molecule has 0 aliphatic rings. The highest BCUT2D eigenvalue weighted by molar-refractivity contribution is 6.30. The van der Waals surface area contributed by atoms with Crippen LogP contribution in [-0.4, -0.2) is 51.8 Å². The van der Waals surface area contributed by atoms with Crippen LogP contribution in [0.5, 0.6) is 0 Å². The van der Waals surface area contributed by atoms with E-state index in [4.69, 9.17) is 11.6 Å². The Kier molecular flexibility index (Phi) is 4.22. The molecule has 0 bridgehead atoms. The summed E-state index contributed by atoms with van der Waals surface area (Å²) in [6.07, 6.45) is 3.33. The first kappa shape index (κ1) is 14.7. The van der Waals surface area contributed by atoms with Crippen LogP contribution in [0.1, 0.15) is 0 Å². The van der Waals surface area contributed by atoms with Gasteiger partial charge in [-0.05, 0) is 38.4 Å². The van der Waals surface area contributed by atoms with E-state index in [0.29, 0.717) is 5.02 Å². The van der Waals surface area contributed by atoms with Crippen LogP contribution in [0.3, 0.4) is 0 Å². The molecule has 3 rings (SSSR count). The zero-order valence-electron chi connectivity index (χ0n) is 12.5. The average molecular weight is 317 g/mol. The average Bonchev–Trinajstić information content (AvgIpc) is 2.92. The molecule has 22 heavy (non-hydrogen) atoms. The van der Waals surface area contributed by atoms with Crippen molar-refractivity contribution in [3.05, 3.63) is 41.8 Å². The Balaban J connectivity index is 1.93. The van der Waals surface area contributed by atoms with E-state index in [9.17, 15) is 0 Å². The maximum Gasteiger partial charge on any atom is 0.168 e. The molecule has 0 radical (unpaired) electrons. The number of anilines is 1. The van der Waals surface area contributed by atoms with Crippen LogP contribution in [-0.2, 0) is 0 Å². The van der Waals surface area contributed by atoms with Gasteiger partial charge in [-0.25, -0.2) is 14.6 Å². The first-order chi connectivity index (χ1) is 10.6. The third-order valence-corrected chi connectivity index (χ3v) is 3.54. The SMILES string of the molecule is CN(C)CCNc1ncnc2c1cnn2-c1ccc(Cl)cc1. The second kappa shape index (κ2) is 6.29. The van der Waals surface area contributed by atoms with E-state index in [2.05, 4.69) is 25.3 Å². The molecule has 1 N–H and O–H groups in total. The van der Waals surface area contributed by atoms with E-state index >= 15 is 0 Å². The van der Waals surface area contributed by atoms with Crippen molar-refractivity contribution in [2.75, 3.05) is 32.5 Å². The smallest absolute Gasteiger partial charge is 0.168 e. The molecule has 0 unspecified atom stereocenters. The van der Waals surface area contributed by atoms with Gasteiger partial charge in [0.15, 0.2) is 5.65 Å². The summed E-state index contributed by atoms with van der Waals surface area (Å²) in [6, 6.07) is 7.50. The highest BCUT2D eigenvalue weighted by Gasteiger charge is 2.10. The molecule has 0 aliphatic carbocycles. The van der Waals surface area contributed by atoms with Crippen molar-refractivity contribution >= 4 is 28.5 Å². The van der Waals surface area contributed by atoms with Crippen molar-refractivity contribution in [1.82, 2.24) is 24.6 Å². The second-order valence-electron chi connectivity index (χ2n) is 5.22. The summed E-state index contributed by atoms with van der Waals surface area (Å²) in [5.74, 6) is 0.798. The number of hydrogen-bond acceptors (Lipinski definition) is 5. The topological polar surface area (TPSA) is 58.9 Å². The molecule has 0 fully saturated rings. The summed E-state index contributed by atoms with van der Waals surface area (Å²) in [7, 11) is 4.08. The Morgan fingerprint density at radius 2 is 1.95 bits per heavy atom. The predicted molar refractivity (Wildman–Crippen MR) is 88.7 cm³/mol. The first-order valence-electron chi connectivity index (χ1n) is 6.98.